The lowest BCUT2D eigenvalue weighted by Gasteiger charge is -2.28. The second-order valence-corrected chi connectivity index (χ2v) is 6.89. The number of nitriles is 1. The van der Waals surface area contributed by atoms with Gasteiger partial charge in [0, 0.05) is 11.1 Å². The Morgan fingerprint density at radius 2 is 2.17 bits per heavy atom. The molecule has 6 heteroatoms. The zero-order chi connectivity index (χ0) is 17.0. The van der Waals surface area contributed by atoms with Crippen LogP contribution in [0.4, 0.5) is 0 Å². The monoisotopic (exact) mass is 341 g/mol. The van der Waals surface area contributed by atoms with Gasteiger partial charge in [-0.3, -0.25) is 4.79 Å². The van der Waals surface area contributed by atoms with Gasteiger partial charge in [-0.25, -0.2) is 4.98 Å². The van der Waals surface area contributed by atoms with Crippen molar-refractivity contribution >= 4 is 17.2 Å². The first-order valence-electron chi connectivity index (χ1n) is 7.98. The van der Waals surface area contributed by atoms with Gasteiger partial charge in [-0.05, 0) is 31.9 Å². The summed E-state index contributed by atoms with van der Waals surface area (Å²) in [5, 5.41) is 15.2. The number of thiazole rings is 1. The van der Waals surface area contributed by atoms with E-state index in [1.807, 2.05) is 12.3 Å². The molecule has 1 saturated carbocycles. The first-order valence-corrected chi connectivity index (χ1v) is 8.86. The minimum absolute atomic E-state index is 0.106. The molecule has 0 saturated heterocycles. The highest BCUT2D eigenvalue weighted by molar-refractivity contribution is 7.09. The summed E-state index contributed by atoms with van der Waals surface area (Å²) in [4.78, 5) is 17.0. The van der Waals surface area contributed by atoms with E-state index >= 15 is 0 Å². The number of carbonyl (C=O) groups is 1. The SMILES string of the molecule is Cc1csc(C2(NC(=O)COc3ccccc3C#N)CCCC2)n1. The number of carbonyl (C=O) groups excluding carboxylic acids is 1. The van der Waals surface area contributed by atoms with Crippen LogP contribution < -0.4 is 10.1 Å². The van der Waals surface area contributed by atoms with Crippen LogP contribution in [-0.4, -0.2) is 17.5 Å². The smallest absolute Gasteiger partial charge is 0.258 e. The van der Waals surface area contributed by atoms with Crippen LogP contribution in [0.2, 0.25) is 0 Å². The van der Waals surface area contributed by atoms with E-state index in [9.17, 15) is 4.79 Å². The summed E-state index contributed by atoms with van der Waals surface area (Å²) in [6.07, 6.45) is 3.97. The summed E-state index contributed by atoms with van der Waals surface area (Å²) in [7, 11) is 0. The summed E-state index contributed by atoms with van der Waals surface area (Å²) >= 11 is 1.60. The number of ether oxygens (including phenoxy) is 1. The summed E-state index contributed by atoms with van der Waals surface area (Å²) in [6.45, 7) is 1.86. The molecule has 1 aliphatic carbocycles. The first kappa shape index (κ1) is 16.5. The number of hydrogen-bond donors (Lipinski definition) is 1. The van der Waals surface area contributed by atoms with Gasteiger partial charge in [0.1, 0.15) is 16.8 Å². The topological polar surface area (TPSA) is 75.0 Å². The second kappa shape index (κ2) is 7.02. The second-order valence-electron chi connectivity index (χ2n) is 6.03. The lowest BCUT2D eigenvalue weighted by Crippen LogP contribution is -2.45. The van der Waals surface area contributed by atoms with Crippen molar-refractivity contribution in [1.29, 1.82) is 5.26 Å². The summed E-state index contributed by atoms with van der Waals surface area (Å²) < 4.78 is 5.53. The molecule has 0 aliphatic heterocycles. The van der Waals surface area contributed by atoms with Gasteiger partial charge in [0.05, 0.1) is 11.1 Å². The molecule has 3 rings (SSSR count). The minimum atomic E-state index is -0.367. The van der Waals surface area contributed by atoms with Crippen molar-refractivity contribution in [2.75, 3.05) is 6.61 Å². The molecular formula is C18H19N3O2S. The third-order valence-electron chi connectivity index (χ3n) is 4.23. The van der Waals surface area contributed by atoms with Crippen molar-refractivity contribution in [2.24, 2.45) is 0 Å². The van der Waals surface area contributed by atoms with E-state index in [-0.39, 0.29) is 18.1 Å². The summed E-state index contributed by atoms with van der Waals surface area (Å²) in [5.41, 5.74) is 1.04. The minimum Gasteiger partial charge on any atom is -0.482 e. The largest absolute Gasteiger partial charge is 0.482 e. The Hall–Kier alpha value is -2.39. The van der Waals surface area contributed by atoms with Crippen LogP contribution >= 0.6 is 11.3 Å². The molecule has 0 bridgehead atoms. The zero-order valence-corrected chi connectivity index (χ0v) is 14.4. The highest BCUT2D eigenvalue weighted by Gasteiger charge is 2.39. The van der Waals surface area contributed by atoms with Crippen LogP contribution in [0.25, 0.3) is 0 Å². The average molecular weight is 341 g/mol. The van der Waals surface area contributed by atoms with Crippen LogP contribution in [0.15, 0.2) is 29.6 Å². The third kappa shape index (κ3) is 3.41. The van der Waals surface area contributed by atoms with Crippen LogP contribution in [0.5, 0.6) is 5.75 Å². The number of nitrogens with one attached hydrogen (secondary N) is 1. The number of aryl methyl sites for hydroxylation is 1. The molecule has 0 spiro atoms. The Labute approximate surface area is 145 Å². The number of benzene rings is 1. The molecule has 1 aromatic carbocycles. The van der Waals surface area contributed by atoms with Gasteiger partial charge < -0.3 is 10.1 Å². The van der Waals surface area contributed by atoms with E-state index in [1.54, 1.807) is 35.6 Å². The van der Waals surface area contributed by atoms with Crippen LogP contribution in [0.3, 0.4) is 0 Å². The van der Waals surface area contributed by atoms with Crippen LogP contribution in [0.1, 0.15) is 41.9 Å². The van der Waals surface area contributed by atoms with Gasteiger partial charge in [0.25, 0.3) is 5.91 Å². The molecule has 2 aromatic rings. The molecule has 1 aromatic heterocycles. The van der Waals surface area contributed by atoms with E-state index in [0.717, 1.165) is 36.4 Å². The van der Waals surface area contributed by atoms with Crippen molar-refractivity contribution in [3.63, 3.8) is 0 Å². The molecular weight excluding hydrogens is 322 g/mol. The average Bonchev–Trinajstić information content (AvgIpc) is 3.23. The van der Waals surface area contributed by atoms with Gasteiger partial charge in [-0.15, -0.1) is 11.3 Å². The molecule has 124 valence electrons. The van der Waals surface area contributed by atoms with E-state index in [4.69, 9.17) is 10.00 Å². The standard InChI is InChI=1S/C18H19N3O2S/c1-13-12-24-17(20-13)18(8-4-5-9-18)21-16(22)11-23-15-7-3-2-6-14(15)10-19/h2-3,6-7,12H,4-5,8-9,11H2,1H3,(H,21,22). The number of aromatic nitrogens is 1. The van der Waals surface area contributed by atoms with Crippen molar-refractivity contribution in [1.82, 2.24) is 10.3 Å². The molecule has 1 amide bonds. The Morgan fingerprint density at radius 1 is 1.42 bits per heavy atom. The Kier molecular flexibility index (Phi) is 4.81. The number of nitrogens with zero attached hydrogens (tertiary/aromatic N) is 2. The van der Waals surface area contributed by atoms with Crippen LogP contribution in [0, 0.1) is 18.3 Å². The summed E-state index contributed by atoms with van der Waals surface area (Å²) in [5.74, 6) is 0.248. The van der Waals surface area contributed by atoms with Crippen LogP contribution in [-0.2, 0) is 10.3 Å². The Bertz CT molecular complexity index is 773. The van der Waals surface area contributed by atoms with Gasteiger partial charge in [0.15, 0.2) is 6.61 Å². The van der Waals surface area contributed by atoms with Crippen molar-refractivity contribution in [2.45, 2.75) is 38.1 Å². The molecule has 0 radical (unpaired) electrons. The molecule has 5 nitrogen and oxygen atoms in total. The normalized spacial score (nSPS) is 15.7. The van der Waals surface area contributed by atoms with Crippen molar-refractivity contribution < 1.29 is 9.53 Å². The number of rotatable bonds is 5. The first-order chi connectivity index (χ1) is 11.6. The maximum absolute atomic E-state index is 12.4. The molecule has 0 atom stereocenters. The highest BCUT2D eigenvalue weighted by Crippen LogP contribution is 2.40. The lowest BCUT2D eigenvalue weighted by atomic mass is 9.98. The fraction of sp³-hybridized carbons (Fsp3) is 0.389. The zero-order valence-electron chi connectivity index (χ0n) is 13.5. The number of amides is 1. The summed E-state index contributed by atoms with van der Waals surface area (Å²) in [6, 6.07) is 8.98. The predicted molar refractivity (Wildman–Crippen MR) is 91.8 cm³/mol. The number of para-hydroxylation sites is 1. The quantitative estimate of drug-likeness (QED) is 0.905. The molecule has 24 heavy (non-hydrogen) atoms. The molecule has 1 heterocycles. The van der Waals surface area contributed by atoms with E-state index in [0.29, 0.717) is 11.3 Å². The van der Waals surface area contributed by atoms with Gasteiger partial charge in [-0.2, -0.15) is 5.26 Å². The maximum atomic E-state index is 12.4. The highest BCUT2D eigenvalue weighted by atomic mass is 32.1. The Balaban J connectivity index is 1.68. The van der Waals surface area contributed by atoms with E-state index in [2.05, 4.69) is 16.4 Å². The Morgan fingerprint density at radius 3 is 2.83 bits per heavy atom. The van der Waals surface area contributed by atoms with Gasteiger partial charge in [-0.1, -0.05) is 25.0 Å². The third-order valence-corrected chi connectivity index (χ3v) is 5.39. The van der Waals surface area contributed by atoms with Gasteiger partial charge >= 0.3 is 0 Å². The predicted octanol–water partition coefficient (Wildman–Crippen LogP) is 3.29. The van der Waals surface area contributed by atoms with Crippen molar-refractivity contribution in [3.05, 3.63) is 45.9 Å². The molecule has 1 aliphatic rings. The lowest BCUT2D eigenvalue weighted by molar-refractivity contribution is -0.125. The molecule has 0 unspecified atom stereocenters. The fourth-order valence-electron chi connectivity index (χ4n) is 3.08. The maximum Gasteiger partial charge on any atom is 0.258 e. The number of hydrogen-bond acceptors (Lipinski definition) is 5. The van der Waals surface area contributed by atoms with E-state index < -0.39 is 0 Å². The van der Waals surface area contributed by atoms with E-state index in [1.165, 1.54) is 0 Å². The molecule has 1 fully saturated rings. The fourth-order valence-corrected chi connectivity index (χ4v) is 4.09. The van der Waals surface area contributed by atoms with Crippen molar-refractivity contribution in [3.8, 4) is 11.8 Å². The van der Waals surface area contributed by atoms with Gasteiger partial charge in [0.2, 0.25) is 0 Å². The molecule has 1 N–H and O–H groups in total.